The van der Waals surface area contributed by atoms with Gasteiger partial charge in [-0.2, -0.15) is 0 Å². The zero-order chi connectivity index (χ0) is 30.7. The molecule has 2 nitrogen and oxygen atoms in total. The van der Waals surface area contributed by atoms with Crippen LogP contribution in [0.3, 0.4) is 0 Å². The first-order chi connectivity index (χ1) is 21.5. The monoisotopic (exact) mass is 618 g/mol. The average molecular weight is 619 g/mol. The Bertz CT molecular complexity index is 1360. The van der Waals surface area contributed by atoms with Crippen molar-refractivity contribution >= 4 is 37.1 Å². The van der Waals surface area contributed by atoms with Gasteiger partial charge in [0.25, 0.3) is 0 Å². The van der Waals surface area contributed by atoms with Crippen molar-refractivity contribution < 1.29 is 9.47 Å². The maximum absolute atomic E-state index is 6.52. The topological polar surface area (TPSA) is 18.5 Å². The van der Waals surface area contributed by atoms with E-state index < -0.39 is 15.8 Å². The van der Waals surface area contributed by atoms with Crippen LogP contribution in [0.4, 0.5) is 0 Å². The molecule has 0 atom stereocenters. The van der Waals surface area contributed by atoms with Gasteiger partial charge in [-0.1, -0.05) is 121 Å². The smallest absolute Gasteiger partial charge is 0.125 e. The fourth-order valence-electron chi connectivity index (χ4n) is 5.72. The third-order valence-corrected chi connectivity index (χ3v) is 13.5. The summed E-state index contributed by atoms with van der Waals surface area (Å²) in [5.74, 6) is 2.04. The molecule has 0 N–H and O–H groups in total. The minimum Gasteiger partial charge on any atom is -0.493 e. The second-order valence-electron chi connectivity index (χ2n) is 11.2. The van der Waals surface area contributed by atoms with E-state index in [0.29, 0.717) is 13.2 Å². The van der Waals surface area contributed by atoms with Gasteiger partial charge >= 0.3 is 0 Å². The first-order valence-electron chi connectivity index (χ1n) is 15.7. The second-order valence-corrected chi connectivity index (χ2v) is 15.9. The minimum atomic E-state index is -0.407. The Hall–Kier alpha value is -3.44. The lowest BCUT2D eigenvalue weighted by molar-refractivity contribution is 0.302. The highest BCUT2D eigenvalue weighted by atomic mass is 31.1. The summed E-state index contributed by atoms with van der Waals surface area (Å²) in [7, 11) is -0.813. The van der Waals surface area contributed by atoms with Gasteiger partial charge in [0.2, 0.25) is 0 Å². The molecule has 5 aromatic rings. The van der Waals surface area contributed by atoms with Gasteiger partial charge in [-0.05, 0) is 112 Å². The fraction of sp³-hybridized carbons (Fsp3) is 0.250. The van der Waals surface area contributed by atoms with Crippen molar-refractivity contribution in [2.24, 2.45) is 0 Å². The number of hydrogen-bond acceptors (Lipinski definition) is 2. The molecule has 0 amide bonds. The maximum Gasteiger partial charge on any atom is 0.125 e. The van der Waals surface area contributed by atoms with Crippen LogP contribution in [-0.2, 0) is 0 Å². The SMILES string of the molecule is Cc1c(C)c(OCCCP(c2ccccc2)c2ccccc2)c(C)c(C)c1OCCCP(c1ccccc1)c1ccccc1. The summed E-state index contributed by atoms with van der Waals surface area (Å²) >= 11 is 0. The Kier molecular flexibility index (Phi) is 11.7. The van der Waals surface area contributed by atoms with Crippen LogP contribution in [0.1, 0.15) is 35.1 Å². The predicted octanol–water partition coefficient (Wildman–Crippen LogP) is 8.72. The molecule has 0 aliphatic rings. The Morgan fingerprint density at radius 2 is 0.636 bits per heavy atom. The van der Waals surface area contributed by atoms with E-state index in [4.69, 9.17) is 9.47 Å². The molecule has 0 spiro atoms. The molecule has 0 radical (unpaired) electrons. The molecule has 0 heterocycles. The third-order valence-electron chi connectivity index (χ3n) is 8.30. The van der Waals surface area contributed by atoms with E-state index in [9.17, 15) is 0 Å². The third kappa shape index (κ3) is 7.98. The summed E-state index contributed by atoms with van der Waals surface area (Å²) in [5, 5.41) is 5.70. The number of ether oxygens (including phenoxy) is 2. The molecule has 0 saturated heterocycles. The van der Waals surface area contributed by atoms with Crippen molar-refractivity contribution in [1.82, 2.24) is 0 Å². The van der Waals surface area contributed by atoms with Crippen LogP contribution in [0.2, 0.25) is 0 Å². The van der Waals surface area contributed by atoms with Gasteiger partial charge in [0.15, 0.2) is 0 Å². The lowest BCUT2D eigenvalue weighted by Crippen LogP contribution is -2.16. The van der Waals surface area contributed by atoms with E-state index in [-0.39, 0.29) is 0 Å². The Labute approximate surface area is 267 Å². The van der Waals surface area contributed by atoms with Crippen LogP contribution in [0.15, 0.2) is 121 Å². The molecule has 0 aromatic heterocycles. The highest BCUT2D eigenvalue weighted by molar-refractivity contribution is 7.73. The van der Waals surface area contributed by atoms with Crippen LogP contribution in [0, 0.1) is 27.7 Å². The van der Waals surface area contributed by atoms with Gasteiger partial charge in [0.05, 0.1) is 13.2 Å². The van der Waals surface area contributed by atoms with Crippen molar-refractivity contribution in [3.8, 4) is 11.5 Å². The lowest BCUT2D eigenvalue weighted by atomic mass is 9.98. The highest BCUT2D eigenvalue weighted by Gasteiger charge is 2.19. The van der Waals surface area contributed by atoms with E-state index in [0.717, 1.165) is 36.7 Å². The molecule has 4 heteroatoms. The molecule has 5 aromatic carbocycles. The van der Waals surface area contributed by atoms with E-state index in [1.807, 2.05) is 0 Å². The van der Waals surface area contributed by atoms with Gasteiger partial charge < -0.3 is 9.47 Å². The maximum atomic E-state index is 6.52. The van der Waals surface area contributed by atoms with Crippen molar-refractivity contribution in [2.45, 2.75) is 40.5 Å². The van der Waals surface area contributed by atoms with E-state index in [2.05, 4.69) is 149 Å². The zero-order valence-electron chi connectivity index (χ0n) is 26.5. The normalized spacial score (nSPS) is 11.2. The fourth-order valence-corrected chi connectivity index (χ4v) is 10.4. The molecule has 0 fully saturated rings. The minimum absolute atomic E-state index is 0.407. The zero-order valence-corrected chi connectivity index (χ0v) is 28.3. The predicted molar refractivity (Wildman–Crippen MR) is 193 cm³/mol. The molecular formula is C40H44O2P2. The number of benzene rings is 5. The summed E-state index contributed by atoms with van der Waals surface area (Å²) in [6, 6.07) is 43.7. The lowest BCUT2D eigenvalue weighted by Gasteiger charge is -2.23. The van der Waals surface area contributed by atoms with Gasteiger partial charge in [-0.3, -0.25) is 0 Å². The Morgan fingerprint density at radius 3 is 0.886 bits per heavy atom. The van der Waals surface area contributed by atoms with Crippen molar-refractivity contribution in [1.29, 1.82) is 0 Å². The molecule has 5 rings (SSSR count). The Morgan fingerprint density at radius 1 is 0.386 bits per heavy atom. The molecule has 226 valence electrons. The summed E-state index contributed by atoms with van der Waals surface area (Å²) < 4.78 is 13.0. The first-order valence-corrected chi connectivity index (χ1v) is 18.7. The largest absolute Gasteiger partial charge is 0.493 e. The molecule has 0 aliphatic heterocycles. The summed E-state index contributed by atoms with van der Waals surface area (Å²) in [6.45, 7) is 10.1. The quantitative estimate of drug-likeness (QED) is 0.0916. The van der Waals surface area contributed by atoms with Crippen LogP contribution in [-0.4, -0.2) is 25.5 Å². The van der Waals surface area contributed by atoms with Crippen LogP contribution in [0.5, 0.6) is 11.5 Å². The molecule has 0 saturated carbocycles. The van der Waals surface area contributed by atoms with E-state index in [1.54, 1.807) is 0 Å². The number of rotatable bonds is 14. The molecule has 0 unspecified atom stereocenters. The first kappa shape index (κ1) is 32.0. The van der Waals surface area contributed by atoms with Crippen LogP contribution in [0.25, 0.3) is 0 Å². The molecule has 44 heavy (non-hydrogen) atoms. The molecule has 0 bridgehead atoms. The number of hydrogen-bond donors (Lipinski definition) is 0. The van der Waals surface area contributed by atoms with Gasteiger partial charge in [-0.25, -0.2) is 0 Å². The summed E-state index contributed by atoms with van der Waals surface area (Å²) in [6.07, 6.45) is 4.23. The average Bonchev–Trinajstić information content (AvgIpc) is 3.08. The summed E-state index contributed by atoms with van der Waals surface area (Å²) in [5.41, 5.74) is 4.75. The molecule has 0 aliphatic carbocycles. The van der Waals surface area contributed by atoms with Gasteiger partial charge in [0.1, 0.15) is 11.5 Å². The second kappa shape index (κ2) is 16.0. The van der Waals surface area contributed by atoms with Gasteiger partial charge in [-0.15, -0.1) is 0 Å². The van der Waals surface area contributed by atoms with Crippen molar-refractivity contribution in [2.75, 3.05) is 25.5 Å². The van der Waals surface area contributed by atoms with Crippen molar-refractivity contribution in [3.05, 3.63) is 144 Å². The summed E-state index contributed by atoms with van der Waals surface area (Å²) in [4.78, 5) is 0. The highest BCUT2D eigenvalue weighted by Crippen LogP contribution is 2.39. The van der Waals surface area contributed by atoms with Crippen molar-refractivity contribution in [3.63, 3.8) is 0 Å². The van der Waals surface area contributed by atoms with Crippen LogP contribution >= 0.6 is 15.8 Å². The molecular weight excluding hydrogens is 574 g/mol. The Balaban J connectivity index is 1.20. The van der Waals surface area contributed by atoms with Gasteiger partial charge in [0, 0.05) is 0 Å². The standard InChI is InChI=1S/C40H44O2P2/c1-31-32(2)40(42-28-18-30-44(37-23-13-7-14-24-37)38-25-15-8-16-26-38)34(4)33(3)39(31)41-27-17-29-43(35-19-9-5-10-20-35)36-21-11-6-12-22-36/h5-16,19-26H,17-18,27-30H2,1-4H3. The van der Waals surface area contributed by atoms with E-state index >= 15 is 0 Å². The van der Waals surface area contributed by atoms with E-state index in [1.165, 1.54) is 43.5 Å². The van der Waals surface area contributed by atoms with Crippen LogP contribution < -0.4 is 30.7 Å².